The van der Waals surface area contributed by atoms with Gasteiger partial charge in [-0.1, -0.05) is 0 Å². The van der Waals surface area contributed by atoms with E-state index in [1.807, 2.05) is 43.3 Å². The number of methoxy groups -OCH3 is 1. The maximum absolute atomic E-state index is 12.0. The van der Waals surface area contributed by atoms with Crippen molar-refractivity contribution in [3.63, 3.8) is 0 Å². The molecular formula is C22H25BrN6O3. The standard InChI is InChI=1S/C22H25BrN6O3/c1-29(2)10-11-32-16-8-9-19(17(12-16)20(24)30)27-21-18(23)13-25-22(28-21)26-14-4-6-15(31-3)7-5-14/h4-9,12-13H,10-11H2,1-3H3,(H2,24,30)(H2,25,26,27,28). The van der Waals surface area contributed by atoms with Gasteiger partial charge in [0.05, 0.1) is 22.8 Å². The van der Waals surface area contributed by atoms with Gasteiger partial charge in [-0.3, -0.25) is 4.79 Å². The summed E-state index contributed by atoms with van der Waals surface area (Å²) in [6.07, 6.45) is 1.61. The maximum atomic E-state index is 12.0. The number of ether oxygens (including phenoxy) is 2. The molecule has 0 unspecified atom stereocenters. The number of carbonyl (C=O) groups excluding carboxylic acids is 1. The van der Waals surface area contributed by atoms with Crippen LogP contribution < -0.4 is 25.8 Å². The highest BCUT2D eigenvalue weighted by Gasteiger charge is 2.13. The zero-order valence-electron chi connectivity index (χ0n) is 18.1. The minimum atomic E-state index is -0.577. The molecule has 32 heavy (non-hydrogen) atoms. The van der Waals surface area contributed by atoms with Crippen LogP contribution in [0.15, 0.2) is 53.1 Å². The van der Waals surface area contributed by atoms with E-state index in [2.05, 4.69) is 36.5 Å². The predicted molar refractivity (Wildman–Crippen MR) is 128 cm³/mol. The van der Waals surface area contributed by atoms with Crippen molar-refractivity contribution in [3.8, 4) is 11.5 Å². The molecule has 3 rings (SSSR count). The summed E-state index contributed by atoms with van der Waals surface area (Å²) < 4.78 is 11.5. The van der Waals surface area contributed by atoms with Gasteiger partial charge in [-0.2, -0.15) is 4.98 Å². The number of primary amides is 1. The first-order valence-electron chi connectivity index (χ1n) is 9.77. The number of amides is 1. The number of aromatic nitrogens is 2. The van der Waals surface area contributed by atoms with Crippen LogP contribution in [0.3, 0.4) is 0 Å². The van der Waals surface area contributed by atoms with Gasteiger partial charge in [-0.15, -0.1) is 0 Å². The van der Waals surface area contributed by atoms with E-state index in [4.69, 9.17) is 15.2 Å². The molecule has 0 saturated heterocycles. The number of anilines is 4. The number of carbonyl (C=O) groups is 1. The predicted octanol–water partition coefficient (Wildman–Crippen LogP) is 3.77. The maximum Gasteiger partial charge on any atom is 0.250 e. The SMILES string of the molecule is COc1ccc(Nc2ncc(Br)c(Nc3ccc(OCCN(C)C)cc3C(N)=O)n2)cc1. The molecule has 0 bridgehead atoms. The number of halogens is 1. The van der Waals surface area contributed by atoms with E-state index in [1.165, 1.54) is 0 Å². The molecule has 0 radical (unpaired) electrons. The van der Waals surface area contributed by atoms with Crippen LogP contribution in [-0.2, 0) is 0 Å². The van der Waals surface area contributed by atoms with Crippen molar-refractivity contribution in [1.29, 1.82) is 0 Å². The average molecular weight is 501 g/mol. The van der Waals surface area contributed by atoms with Crippen molar-refractivity contribution in [1.82, 2.24) is 14.9 Å². The number of hydrogen-bond donors (Lipinski definition) is 3. The molecule has 0 fully saturated rings. The summed E-state index contributed by atoms with van der Waals surface area (Å²) in [6, 6.07) is 12.5. The second kappa shape index (κ2) is 10.8. The second-order valence-corrected chi connectivity index (χ2v) is 7.95. The smallest absolute Gasteiger partial charge is 0.250 e. The molecule has 168 valence electrons. The Morgan fingerprint density at radius 2 is 1.84 bits per heavy atom. The molecular weight excluding hydrogens is 476 g/mol. The van der Waals surface area contributed by atoms with E-state index in [0.717, 1.165) is 18.0 Å². The molecule has 1 heterocycles. The zero-order chi connectivity index (χ0) is 23.1. The van der Waals surface area contributed by atoms with Crippen LogP contribution in [0.1, 0.15) is 10.4 Å². The van der Waals surface area contributed by atoms with E-state index in [9.17, 15) is 4.79 Å². The highest BCUT2D eigenvalue weighted by Crippen LogP contribution is 2.29. The quantitative estimate of drug-likeness (QED) is 0.385. The monoisotopic (exact) mass is 500 g/mol. The molecule has 2 aromatic carbocycles. The Bertz CT molecular complexity index is 1080. The van der Waals surface area contributed by atoms with E-state index in [1.54, 1.807) is 31.5 Å². The molecule has 0 aliphatic heterocycles. The third kappa shape index (κ3) is 6.32. The number of nitrogens with one attached hydrogen (secondary N) is 2. The van der Waals surface area contributed by atoms with Gasteiger partial charge in [0, 0.05) is 18.4 Å². The molecule has 0 aliphatic rings. The van der Waals surface area contributed by atoms with Crippen molar-refractivity contribution < 1.29 is 14.3 Å². The number of nitrogens with two attached hydrogens (primary N) is 1. The van der Waals surface area contributed by atoms with Gasteiger partial charge in [0.1, 0.15) is 23.9 Å². The van der Waals surface area contributed by atoms with E-state index in [-0.39, 0.29) is 0 Å². The van der Waals surface area contributed by atoms with Crippen molar-refractivity contribution >= 4 is 45.0 Å². The van der Waals surface area contributed by atoms with Gasteiger partial charge in [0.15, 0.2) is 0 Å². The first-order valence-corrected chi connectivity index (χ1v) is 10.6. The summed E-state index contributed by atoms with van der Waals surface area (Å²) in [4.78, 5) is 22.8. The van der Waals surface area contributed by atoms with Gasteiger partial charge in [0.2, 0.25) is 5.95 Å². The molecule has 0 saturated carbocycles. The number of benzene rings is 2. The van der Waals surface area contributed by atoms with Crippen LogP contribution in [0, 0.1) is 0 Å². The largest absolute Gasteiger partial charge is 0.497 e. The Morgan fingerprint density at radius 3 is 2.50 bits per heavy atom. The summed E-state index contributed by atoms with van der Waals surface area (Å²) in [5.74, 6) is 1.59. The Morgan fingerprint density at radius 1 is 1.12 bits per heavy atom. The molecule has 9 nitrogen and oxygen atoms in total. The van der Waals surface area contributed by atoms with Crippen LogP contribution >= 0.6 is 15.9 Å². The molecule has 4 N–H and O–H groups in total. The molecule has 0 atom stereocenters. The van der Waals surface area contributed by atoms with Gasteiger partial charge in [-0.05, 0) is 72.5 Å². The summed E-state index contributed by atoms with van der Waals surface area (Å²) in [6.45, 7) is 1.25. The summed E-state index contributed by atoms with van der Waals surface area (Å²) in [5.41, 5.74) is 7.20. The highest BCUT2D eigenvalue weighted by atomic mass is 79.9. The van der Waals surface area contributed by atoms with E-state index in [0.29, 0.717) is 39.8 Å². The summed E-state index contributed by atoms with van der Waals surface area (Å²) >= 11 is 3.44. The Kier molecular flexibility index (Phi) is 7.85. The van der Waals surface area contributed by atoms with Crippen molar-refractivity contribution in [3.05, 3.63) is 58.7 Å². The minimum Gasteiger partial charge on any atom is -0.497 e. The molecule has 0 aliphatic carbocycles. The zero-order valence-corrected chi connectivity index (χ0v) is 19.6. The number of likely N-dealkylation sites (N-methyl/N-ethyl adjacent to an activating group) is 1. The highest BCUT2D eigenvalue weighted by molar-refractivity contribution is 9.10. The van der Waals surface area contributed by atoms with Crippen molar-refractivity contribution in [2.24, 2.45) is 5.73 Å². The molecule has 10 heteroatoms. The van der Waals surface area contributed by atoms with Crippen molar-refractivity contribution in [2.75, 3.05) is 45.0 Å². The average Bonchev–Trinajstić information content (AvgIpc) is 2.77. The van der Waals surface area contributed by atoms with Crippen LogP contribution in [0.25, 0.3) is 0 Å². The number of nitrogens with zero attached hydrogens (tertiary/aromatic N) is 3. The fourth-order valence-electron chi connectivity index (χ4n) is 2.72. The lowest BCUT2D eigenvalue weighted by molar-refractivity contribution is 0.100. The first kappa shape index (κ1) is 23.3. The molecule has 1 amide bonds. The number of rotatable bonds is 10. The fourth-order valence-corrected chi connectivity index (χ4v) is 3.01. The summed E-state index contributed by atoms with van der Waals surface area (Å²) in [5, 5.41) is 6.28. The molecule has 1 aromatic heterocycles. The lowest BCUT2D eigenvalue weighted by Crippen LogP contribution is -2.19. The minimum absolute atomic E-state index is 0.294. The van der Waals surface area contributed by atoms with E-state index < -0.39 is 5.91 Å². The lowest BCUT2D eigenvalue weighted by atomic mass is 10.1. The first-order chi connectivity index (χ1) is 15.4. The Hall–Kier alpha value is -3.37. The molecule has 0 spiro atoms. The Balaban J connectivity index is 1.79. The third-order valence-electron chi connectivity index (χ3n) is 4.41. The lowest BCUT2D eigenvalue weighted by Gasteiger charge is -2.15. The van der Waals surface area contributed by atoms with Gasteiger partial charge < -0.3 is 30.7 Å². The van der Waals surface area contributed by atoms with Crippen LogP contribution in [-0.4, -0.2) is 55.1 Å². The Labute approximate surface area is 195 Å². The topological polar surface area (TPSA) is 115 Å². The van der Waals surface area contributed by atoms with Crippen LogP contribution in [0.5, 0.6) is 11.5 Å². The van der Waals surface area contributed by atoms with Gasteiger partial charge in [-0.25, -0.2) is 4.98 Å². The van der Waals surface area contributed by atoms with Gasteiger partial charge >= 0.3 is 0 Å². The fraction of sp³-hybridized carbons (Fsp3) is 0.227. The number of hydrogen-bond acceptors (Lipinski definition) is 8. The third-order valence-corrected chi connectivity index (χ3v) is 4.99. The van der Waals surface area contributed by atoms with Crippen LogP contribution in [0.4, 0.5) is 23.1 Å². The second-order valence-electron chi connectivity index (χ2n) is 7.09. The summed E-state index contributed by atoms with van der Waals surface area (Å²) in [7, 11) is 5.53. The van der Waals surface area contributed by atoms with Crippen LogP contribution in [0.2, 0.25) is 0 Å². The molecule has 3 aromatic rings. The van der Waals surface area contributed by atoms with Gasteiger partial charge in [0.25, 0.3) is 5.91 Å². The normalized spacial score (nSPS) is 10.7. The van der Waals surface area contributed by atoms with Crippen molar-refractivity contribution in [2.45, 2.75) is 0 Å². The van der Waals surface area contributed by atoms with E-state index >= 15 is 0 Å².